The van der Waals surface area contributed by atoms with Gasteiger partial charge >= 0.3 is 0 Å². The molecule has 0 spiro atoms. The third-order valence-corrected chi connectivity index (χ3v) is 6.46. The Bertz CT molecular complexity index is 916. The Kier molecular flexibility index (Phi) is 6.30. The highest BCUT2D eigenvalue weighted by Crippen LogP contribution is 2.33. The minimum absolute atomic E-state index is 0.0350. The Morgan fingerprint density at radius 3 is 2.33 bits per heavy atom. The van der Waals surface area contributed by atoms with E-state index in [4.69, 9.17) is 5.10 Å². The van der Waals surface area contributed by atoms with Crippen LogP contribution >= 0.6 is 0 Å². The van der Waals surface area contributed by atoms with Crippen molar-refractivity contribution in [1.29, 1.82) is 0 Å². The molecular formula is C25H32N4O. The average molecular weight is 405 g/mol. The van der Waals surface area contributed by atoms with E-state index in [-0.39, 0.29) is 11.9 Å². The minimum atomic E-state index is -0.0350. The summed E-state index contributed by atoms with van der Waals surface area (Å²) >= 11 is 0. The Morgan fingerprint density at radius 2 is 1.67 bits per heavy atom. The van der Waals surface area contributed by atoms with Gasteiger partial charge in [0.15, 0.2) is 0 Å². The molecule has 30 heavy (non-hydrogen) atoms. The van der Waals surface area contributed by atoms with Crippen molar-refractivity contribution in [1.82, 2.24) is 14.8 Å². The summed E-state index contributed by atoms with van der Waals surface area (Å²) in [6.45, 7) is 11.9. The van der Waals surface area contributed by atoms with Crippen molar-refractivity contribution in [2.24, 2.45) is 5.10 Å². The van der Waals surface area contributed by atoms with Gasteiger partial charge < -0.3 is 4.90 Å². The number of likely N-dealkylation sites (N-methyl/N-ethyl adjacent to an activating group) is 1. The molecule has 0 unspecified atom stereocenters. The first-order chi connectivity index (χ1) is 14.5. The Labute approximate surface area is 180 Å². The van der Waals surface area contributed by atoms with E-state index >= 15 is 0 Å². The van der Waals surface area contributed by atoms with E-state index in [1.807, 2.05) is 18.2 Å². The molecule has 0 aromatic heterocycles. The maximum Gasteiger partial charge on any atom is 0.257 e. The van der Waals surface area contributed by atoms with Crippen molar-refractivity contribution >= 4 is 11.6 Å². The van der Waals surface area contributed by atoms with Crippen LogP contribution < -0.4 is 0 Å². The SMILES string of the molecule is CCN1CCN(CC(=O)N2N=C(c3ccc(C)c(C)c3)C[C@H]2c2ccccc2)CC1. The lowest BCUT2D eigenvalue weighted by molar-refractivity contribution is -0.134. The second-order valence-corrected chi connectivity index (χ2v) is 8.43. The zero-order valence-corrected chi connectivity index (χ0v) is 18.3. The topological polar surface area (TPSA) is 39.1 Å². The minimum Gasteiger partial charge on any atom is -0.301 e. The van der Waals surface area contributed by atoms with E-state index in [0.29, 0.717) is 6.54 Å². The monoisotopic (exact) mass is 404 g/mol. The number of aryl methyl sites for hydroxylation is 2. The summed E-state index contributed by atoms with van der Waals surface area (Å²) in [6, 6.07) is 16.7. The van der Waals surface area contributed by atoms with Crippen LogP contribution in [0, 0.1) is 13.8 Å². The third kappa shape index (κ3) is 4.47. The fraction of sp³-hybridized carbons (Fsp3) is 0.440. The molecule has 158 valence electrons. The summed E-state index contributed by atoms with van der Waals surface area (Å²) in [5.74, 6) is 0.0904. The first-order valence-electron chi connectivity index (χ1n) is 11.0. The molecule has 2 aromatic carbocycles. The summed E-state index contributed by atoms with van der Waals surface area (Å²) in [4.78, 5) is 18.0. The lowest BCUT2D eigenvalue weighted by Crippen LogP contribution is -2.49. The molecule has 0 bridgehead atoms. The van der Waals surface area contributed by atoms with Gasteiger partial charge in [0.1, 0.15) is 0 Å². The number of hydrogen-bond acceptors (Lipinski definition) is 4. The lowest BCUT2D eigenvalue weighted by Gasteiger charge is -2.34. The van der Waals surface area contributed by atoms with E-state index in [1.165, 1.54) is 11.1 Å². The number of amides is 1. The number of benzene rings is 2. The molecule has 2 aliphatic rings. The summed E-state index contributed by atoms with van der Waals surface area (Å²) < 4.78 is 0. The zero-order chi connectivity index (χ0) is 21.1. The van der Waals surface area contributed by atoms with Crippen LogP contribution in [0.15, 0.2) is 53.6 Å². The highest BCUT2D eigenvalue weighted by molar-refractivity contribution is 6.03. The number of hydrogen-bond donors (Lipinski definition) is 0. The molecule has 0 saturated carbocycles. The van der Waals surface area contributed by atoms with Crippen LogP contribution in [0.5, 0.6) is 0 Å². The van der Waals surface area contributed by atoms with E-state index in [2.05, 4.69) is 60.9 Å². The van der Waals surface area contributed by atoms with E-state index in [0.717, 1.165) is 56.0 Å². The van der Waals surface area contributed by atoms with E-state index < -0.39 is 0 Å². The van der Waals surface area contributed by atoms with E-state index in [9.17, 15) is 4.79 Å². The predicted molar refractivity (Wildman–Crippen MR) is 122 cm³/mol. The first-order valence-corrected chi connectivity index (χ1v) is 11.0. The lowest BCUT2D eigenvalue weighted by atomic mass is 9.96. The van der Waals surface area contributed by atoms with Crippen molar-refractivity contribution in [3.05, 3.63) is 70.8 Å². The summed E-state index contributed by atoms with van der Waals surface area (Å²) in [7, 11) is 0. The van der Waals surface area contributed by atoms with Gasteiger partial charge in [-0.05, 0) is 48.7 Å². The second-order valence-electron chi connectivity index (χ2n) is 8.43. The maximum absolute atomic E-state index is 13.3. The van der Waals surface area contributed by atoms with Crippen molar-refractivity contribution in [3.8, 4) is 0 Å². The van der Waals surface area contributed by atoms with Crippen LogP contribution in [0.2, 0.25) is 0 Å². The van der Waals surface area contributed by atoms with Gasteiger partial charge in [0, 0.05) is 32.6 Å². The Hall–Kier alpha value is -2.50. The summed E-state index contributed by atoms with van der Waals surface area (Å²) in [5, 5.41) is 6.59. The van der Waals surface area contributed by atoms with Crippen LogP contribution in [0.4, 0.5) is 0 Å². The highest BCUT2D eigenvalue weighted by atomic mass is 16.2. The van der Waals surface area contributed by atoms with Gasteiger partial charge in [-0.15, -0.1) is 0 Å². The molecular weight excluding hydrogens is 372 g/mol. The largest absolute Gasteiger partial charge is 0.301 e. The molecule has 1 atom stereocenters. The zero-order valence-electron chi connectivity index (χ0n) is 18.3. The number of rotatable bonds is 5. The molecule has 5 nitrogen and oxygen atoms in total. The first kappa shape index (κ1) is 20.8. The van der Waals surface area contributed by atoms with Gasteiger partial charge in [-0.25, -0.2) is 5.01 Å². The number of piperazine rings is 1. The van der Waals surface area contributed by atoms with Crippen LogP contribution in [-0.4, -0.2) is 65.7 Å². The van der Waals surface area contributed by atoms with Crippen LogP contribution in [0.25, 0.3) is 0 Å². The summed E-state index contributed by atoms with van der Waals surface area (Å²) in [6.07, 6.45) is 0.752. The number of hydrazone groups is 1. The Balaban J connectivity index is 1.55. The number of carbonyl (C=O) groups excluding carboxylic acids is 1. The molecule has 2 aromatic rings. The van der Waals surface area contributed by atoms with Gasteiger partial charge in [-0.1, -0.05) is 49.4 Å². The second kappa shape index (κ2) is 9.11. The molecule has 5 heteroatoms. The van der Waals surface area contributed by atoms with E-state index in [1.54, 1.807) is 5.01 Å². The molecule has 0 radical (unpaired) electrons. The molecule has 0 aliphatic carbocycles. The molecule has 0 N–H and O–H groups in total. The van der Waals surface area contributed by atoms with Gasteiger partial charge in [-0.3, -0.25) is 9.69 Å². The normalized spacial score (nSPS) is 20.4. The fourth-order valence-electron chi connectivity index (χ4n) is 4.30. The van der Waals surface area contributed by atoms with Crippen LogP contribution in [0.1, 0.15) is 41.6 Å². The molecule has 2 aliphatic heterocycles. The standard InChI is InChI=1S/C25H32N4O/c1-4-27-12-14-28(15-13-27)18-25(30)29-24(21-8-6-5-7-9-21)17-23(26-29)22-11-10-19(2)20(3)16-22/h5-11,16,24H,4,12-15,17-18H2,1-3H3/t24-/m0/s1. The van der Waals surface area contributed by atoms with Gasteiger partial charge in [0.25, 0.3) is 5.91 Å². The van der Waals surface area contributed by atoms with Crippen molar-refractivity contribution in [2.75, 3.05) is 39.3 Å². The van der Waals surface area contributed by atoms with Crippen molar-refractivity contribution in [3.63, 3.8) is 0 Å². The average Bonchev–Trinajstić information content (AvgIpc) is 3.22. The quantitative estimate of drug-likeness (QED) is 0.764. The fourth-order valence-corrected chi connectivity index (χ4v) is 4.30. The third-order valence-electron chi connectivity index (χ3n) is 6.46. The molecule has 1 fully saturated rings. The van der Waals surface area contributed by atoms with Crippen LogP contribution in [0.3, 0.4) is 0 Å². The van der Waals surface area contributed by atoms with Gasteiger partial charge in [-0.2, -0.15) is 5.10 Å². The molecule has 2 heterocycles. The smallest absolute Gasteiger partial charge is 0.257 e. The van der Waals surface area contributed by atoms with Crippen molar-refractivity contribution < 1.29 is 4.79 Å². The number of nitrogens with zero attached hydrogens (tertiary/aromatic N) is 4. The summed E-state index contributed by atoms with van der Waals surface area (Å²) in [5.41, 5.74) is 5.78. The van der Waals surface area contributed by atoms with Gasteiger partial charge in [0.2, 0.25) is 0 Å². The molecule has 4 rings (SSSR count). The highest BCUT2D eigenvalue weighted by Gasteiger charge is 2.34. The molecule has 1 saturated heterocycles. The molecule has 1 amide bonds. The van der Waals surface area contributed by atoms with Crippen LogP contribution in [-0.2, 0) is 4.79 Å². The van der Waals surface area contributed by atoms with Crippen molar-refractivity contribution in [2.45, 2.75) is 33.2 Å². The Morgan fingerprint density at radius 1 is 0.967 bits per heavy atom. The van der Waals surface area contributed by atoms with Gasteiger partial charge in [0.05, 0.1) is 18.3 Å². The number of carbonyl (C=O) groups is 1. The maximum atomic E-state index is 13.3. The predicted octanol–water partition coefficient (Wildman–Crippen LogP) is 3.62.